The van der Waals surface area contributed by atoms with Gasteiger partial charge >= 0.3 is 0 Å². The van der Waals surface area contributed by atoms with Crippen molar-refractivity contribution >= 4 is 12.4 Å². The van der Waals surface area contributed by atoms with Gasteiger partial charge in [-0.3, -0.25) is 0 Å². The average molecular weight is 202 g/mol. The van der Waals surface area contributed by atoms with Crippen molar-refractivity contribution in [3.63, 3.8) is 0 Å². The average Bonchev–Trinajstić information content (AvgIpc) is 2.03. The van der Waals surface area contributed by atoms with Crippen molar-refractivity contribution < 1.29 is 5.11 Å². The Hall–Kier alpha value is -0.730. The predicted molar refractivity (Wildman–Crippen MR) is 57.3 cm³/mol. The molecule has 0 saturated heterocycles. The van der Waals surface area contributed by atoms with Crippen LogP contribution in [0.4, 0.5) is 0 Å². The predicted octanol–water partition coefficient (Wildman–Crippen LogP) is 2.53. The molecule has 0 saturated carbocycles. The first-order chi connectivity index (χ1) is 5.65. The quantitative estimate of drug-likeness (QED) is 0.773. The lowest BCUT2D eigenvalue weighted by atomic mass is 10.0. The van der Waals surface area contributed by atoms with E-state index in [0.717, 1.165) is 17.5 Å². The smallest absolute Gasteiger partial charge is 0.120 e. The normalized spacial score (nSPS) is 11.9. The number of benzene rings is 1. The fourth-order valence-electron chi connectivity index (χ4n) is 1.19. The highest BCUT2D eigenvalue weighted by Crippen LogP contribution is 2.25. The fraction of sp³-hybridized carbons (Fsp3) is 0.400. The summed E-state index contributed by atoms with van der Waals surface area (Å²) in [5.74, 6) is 0.310. The molecule has 3 heteroatoms. The van der Waals surface area contributed by atoms with Gasteiger partial charge in [0, 0.05) is 11.6 Å². The van der Waals surface area contributed by atoms with Crippen LogP contribution in [0.25, 0.3) is 0 Å². The number of rotatable bonds is 2. The Balaban J connectivity index is 0.00000144. The minimum absolute atomic E-state index is 0. The Labute approximate surface area is 85.2 Å². The molecule has 2 nitrogen and oxygen atoms in total. The van der Waals surface area contributed by atoms with Crippen LogP contribution < -0.4 is 5.73 Å². The number of phenols is 1. The largest absolute Gasteiger partial charge is 0.508 e. The summed E-state index contributed by atoms with van der Waals surface area (Å²) in [6.07, 6.45) is 0.844. The van der Waals surface area contributed by atoms with Gasteiger partial charge in [-0.25, -0.2) is 0 Å². The molecule has 0 aliphatic carbocycles. The first-order valence-electron chi connectivity index (χ1n) is 4.20. The number of aryl methyl sites for hydroxylation is 1. The van der Waals surface area contributed by atoms with E-state index in [1.165, 1.54) is 0 Å². The summed E-state index contributed by atoms with van der Waals surface area (Å²) in [4.78, 5) is 0. The Bertz CT molecular complexity index is 276. The highest BCUT2D eigenvalue weighted by atomic mass is 35.5. The lowest BCUT2D eigenvalue weighted by Crippen LogP contribution is -2.08. The van der Waals surface area contributed by atoms with Crippen molar-refractivity contribution in [2.45, 2.75) is 26.3 Å². The number of halogens is 1. The molecule has 0 fully saturated rings. The molecule has 74 valence electrons. The van der Waals surface area contributed by atoms with E-state index in [2.05, 4.69) is 0 Å². The number of phenolic OH excluding ortho intramolecular Hbond substituents is 1. The number of nitrogens with two attached hydrogens (primary N) is 1. The van der Waals surface area contributed by atoms with Crippen LogP contribution >= 0.6 is 12.4 Å². The zero-order valence-corrected chi connectivity index (χ0v) is 8.77. The van der Waals surface area contributed by atoms with Crippen LogP contribution in [0.1, 0.15) is 30.5 Å². The van der Waals surface area contributed by atoms with Gasteiger partial charge in [0.1, 0.15) is 5.75 Å². The number of aromatic hydroxyl groups is 1. The van der Waals surface area contributed by atoms with E-state index >= 15 is 0 Å². The van der Waals surface area contributed by atoms with E-state index < -0.39 is 0 Å². The van der Waals surface area contributed by atoms with Gasteiger partial charge in [0.15, 0.2) is 0 Å². The third-order valence-electron chi connectivity index (χ3n) is 2.03. The molecule has 0 heterocycles. The third kappa shape index (κ3) is 2.90. The van der Waals surface area contributed by atoms with Crippen molar-refractivity contribution in [3.05, 3.63) is 29.3 Å². The van der Waals surface area contributed by atoms with Gasteiger partial charge in [-0.15, -0.1) is 12.4 Å². The van der Waals surface area contributed by atoms with Crippen molar-refractivity contribution in [2.75, 3.05) is 0 Å². The van der Waals surface area contributed by atoms with Crippen LogP contribution in [-0.2, 0) is 0 Å². The van der Waals surface area contributed by atoms with Crippen LogP contribution in [-0.4, -0.2) is 5.11 Å². The maximum Gasteiger partial charge on any atom is 0.120 e. The second-order valence-electron chi connectivity index (χ2n) is 3.08. The number of hydrogen-bond donors (Lipinski definition) is 2. The molecule has 0 amide bonds. The number of hydrogen-bond acceptors (Lipinski definition) is 2. The molecule has 1 rings (SSSR count). The highest BCUT2D eigenvalue weighted by Gasteiger charge is 2.07. The standard InChI is InChI=1S/C10H15NO.ClH/c1-3-9(11)8-5-4-7(2)6-10(8)12;/h4-6,9,12H,3,11H2,1-2H3;1H/t9-;/m0./s1. The van der Waals surface area contributed by atoms with Gasteiger partial charge in [0.05, 0.1) is 0 Å². The maximum atomic E-state index is 9.51. The lowest BCUT2D eigenvalue weighted by molar-refractivity contribution is 0.460. The van der Waals surface area contributed by atoms with E-state index in [-0.39, 0.29) is 18.4 Å². The van der Waals surface area contributed by atoms with E-state index in [0.29, 0.717) is 5.75 Å². The molecule has 0 radical (unpaired) electrons. The summed E-state index contributed by atoms with van der Waals surface area (Å²) >= 11 is 0. The third-order valence-corrected chi connectivity index (χ3v) is 2.03. The van der Waals surface area contributed by atoms with Gasteiger partial charge in [0.2, 0.25) is 0 Å². The first kappa shape index (κ1) is 12.3. The molecule has 0 bridgehead atoms. The van der Waals surface area contributed by atoms with Gasteiger partial charge < -0.3 is 10.8 Å². The molecule has 3 N–H and O–H groups in total. The van der Waals surface area contributed by atoms with Gasteiger partial charge in [-0.2, -0.15) is 0 Å². The minimum atomic E-state index is -0.0504. The van der Waals surface area contributed by atoms with E-state index in [9.17, 15) is 5.11 Å². The summed E-state index contributed by atoms with van der Waals surface area (Å²) in [6, 6.07) is 5.54. The second-order valence-corrected chi connectivity index (χ2v) is 3.08. The summed E-state index contributed by atoms with van der Waals surface area (Å²) in [5.41, 5.74) is 7.68. The van der Waals surface area contributed by atoms with Crippen LogP contribution in [0.3, 0.4) is 0 Å². The topological polar surface area (TPSA) is 46.2 Å². The Morgan fingerprint density at radius 3 is 2.54 bits per heavy atom. The molecule has 1 aromatic rings. The maximum absolute atomic E-state index is 9.51. The van der Waals surface area contributed by atoms with Gasteiger partial charge in [-0.05, 0) is 25.0 Å². The molecule has 0 aliphatic rings. The second kappa shape index (κ2) is 5.10. The summed E-state index contributed by atoms with van der Waals surface area (Å²) in [7, 11) is 0. The van der Waals surface area contributed by atoms with Crippen molar-refractivity contribution in [1.82, 2.24) is 0 Å². The molecule has 0 aliphatic heterocycles. The first-order valence-corrected chi connectivity index (χ1v) is 4.20. The Morgan fingerprint density at radius 1 is 1.46 bits per heavy atom. The zero-order valence-electron chi connectivity index (χ0n) is 7.95. The van der Waals surface area contributed by atoms with E-state index in [1.54, 1.807) is 6.07 Å². The SMILES string of the molecule is CC[C@H](N)c1ccc(C)cc1O.Cl. The summed E-state index contributed by atoms with van der Waals surface area (Å²) < 4.78 is 0. The molecule has 0 spiro atoms. The van der Waals surface area contributed by atoms with Crippen LogP contribution in [0.5, 0.6) is 5.75 Å². The summed E-state index contributed by atoms with van der Waals surface area (Å²) in [5, 5.41) is 9.51. The van der Waals surface area contributed by atoms with E-state index in [4.69, 9.17) is 5.73 Å². The van der Waals surface area contributed by atoms with Crippen LogP contribution in [0, 0.1) is 6.92 Å². The monoisotopic (exact) mass is 201 g/mol. The Kier molecular flexibility index (Phi) is 4.81. The molecule has 1 aromatic carbocycles. The fourth-order valence-corrected chi connectivity index (χ4v) is 1.19. The van der Waals surface area contributed by atoms with Crippen molar-refractivity contribution in [2.24, 2.45) is 5.73 Å². The van der Waals surface area contributed by atoms with Gasteiger partial charge in [0.25, 0.3) is 0 Å². The van der Waals surface area contributed by atoms with Crippen LogP contribution in [0.2, 0.25) is 0 Å². The minimum Gasteiger partial charge on any atom is -0.508 e. The van der Waals surface area contributed by atoms with Gasteiger partial charge in [-0.1, -0.05) is 19.1 Å². The molecule has 1 atom stereocenters. The molecule has 0 unspecified atom stereocenters. The van der Waals surface area contributed by atoms with Crippen LogP contribution in [0.15, 0.2) is 18.2 Å². The van der Waals surface area contributed by atoms with Crippen molar-refractivity contribution in [1.29, 1.82) is 0 Å². The van der Waals surface area contributed by atoms with E-state index in [1.807, 2.05) is 26.0 Å². The lowest BCUT2D eigenvalue weighted by Gasteiger charge is -2.11. The Morgan fingerprint density at radius 2 is 2.08 bits per heavy atom. The molecule has 0 aromatic heterocycles. The molecule has 13 heavy (non-hydrogen) atoms. The molecular formula is C10H16ClNO. The molecular weight excluding hydrogens is 186 g/mol. The van der Waals surface area contributed by atoms with Crippen molar-refractivity contribution in [3.8, 4) is 5.75 Å². The highest BCUT2D eigenvalue weighted by molar-refractivity contribution is 5.85. The zero-order chi connectivity index (χ0) is 9.14. The summed E-state index contributed by atoms with van der Waals surface area (Å²) in [6.45, 7) is 3.95.